The van der Waals surface area contributed by atoms with Crippen LogP contribution in [0.2, 0.25) is 0 Å². The molecule has 0 aliphatic carbocycles. The molecule has 1 saturated heterocycles. The molecule has 2 N–H and O–H groups in total. The average molecular weight is 483 g/mol. The van der Waals surface area contributed by atoms with E-state index in [2.05, 4.69) is 41.3 Å². The fourth-order valence-corrected chi connectivity index (χ4v) is 2.49. The Balaban J connectivity index is 0.00000625. The van der Waals surface area contributed by atoms with Gasteiger partial charge in [0.15, 0.2) is 5.96 Å². The molecule has 1 rings (SSSR count). The van der Waals surface area contributed by atoms with E-state index in [0.717, 1.165) is 51.8 Å². The predicted molar refractivity (Wildman–Crippen MR) is 118 cm³/mol. The first-order valence-electron chi connectivity index (χ1n) is 9.43. The molecule has 1 amide bonds. The molecule has 0 aromatic carbocycles. The van der Waals surface area contributed by atoms with E-state index >= 15 is 0 Å². The van der Waals surface area contributed by atoms with E-state index in [1.54, 1.807) is 19.0 Å². The van der Waals surface area contributed by atoms with E-state index in [9.17, 15) is 4.79 Å². The maximum atomic E-state index is 11.8. The van der Waals surface area contributed by atoms with E-state index in [4.69, 9.17) is 4.74 Å². The lowest BCUT2D eigenvalue weighted by Crippen LogP contribution is -2.47. The zero-order chi connectivity index (χ0) is 18.7. The van der Waals surface area contributed by atoms with Gasteiger partial charge in [0, 0.05) is 46.3 Å². The number of likely N-dealkylation sites (N-methyl/N-ethyl adjacent to an activating group) is 1. The second-order valence-corrected chi connectivity index (χ2v) is 7.35. The van der Waals surface area contributed by atoms with Gasteiger partial charge in [-0.25, -0.2) is 4.99 Å². The number of morpholine rings is 1. The summed E-state index contributed by atoms with van der Waals surface area (Å²) in [7, 11) is 3.50. The molecular weight excluding hydrogens is 445 g/mol. The number of guanidine groups is 1. The predicted octanol–water partition coefficient (Wildman–Crippen LogP) is 1.38. The van der Waals surface area contributed by atoms with Crippen LogP contribution in [-0.4, -0.2) is 87.7 Å². The molecule has 0 spiro atoms. The highest BCUT2D eigenvalue weighted by Crippen LogP contribution is 2.06. The molecule has 7 nitrogen and oxygen atoms in total. The molecule has 0 bridgehead atoms. The molecule has 0 radical (unpaired) electrons. The van der Waals surface area contributed by atoms with Crippen molar-refractivity contribution in [2.75, 3.05) is 60.0 Å². The van der Waals surface area contributed by atoms with Crippen molar-refractivity contribution in [3.63, 3.8) is 0 Å². The smallest absolute Gasteiger partial charge is 0.243 e. The first-order chi connectivity index (χ1) is 11.9. The van der Waals surface area contributed by atoms with Crippen molar-refractivity contribution < 1.29 is 9.53 Å². The molecule has 1 atom stereocenters. The Labute approximate surface area is 176 Å². The highest BCUT2D eigenvalue weighted by Gasteiger charge is 2.11. The molecule has 26 heavy (non-hydrogen) atoms. The Hall–Kier alpha value is -0.610. The largest absolute Gasteiger partial charge is 0.379 e. The van der Waals surface area contributed by atoms with Gasteiger partial charge in [-0.1, -0.05) is 13.8 Å². The van der Waals surface area contributed by atoms with Gasteiger partial charge in [0.05, 0.1) is 13.2 Å². The van der Waals surface area contributed by atoms with Gasteiger partial charge >= 0.3 is 0 Å². The zero-order valence-corrected chi connectivity index (χ0v) is 19.4. The van der Waals surface area contributed by atoms with E-state index < -0.39 is 0 Å². The molecule has 154 valence electrons. The molecule has 0 saturated carbocycles. The van der Waals surface area contributed by atoms with Gasteiger partial charge in [0.2, 0.25) is 5.91 Å². The third kappa shape index (κ3) is 11.9. The number of rotatable bonds is 9. The zero-order valence-electron chi connectivity index (χ0n) is 17.1. The van der Waals surface area contributed by atoms with Crippen LogP contribution in [0.25, 0.3) is 0 Å². The lowest BCUT2D eigenvalue weighted by atomic mass is 10.0. The molecule has 1 heterocycles. The molecule has 8 heteroatoms. The van der Waals surface area contributed by atoms with Gasteiger partial charge < -0.3 is 20.3 Å². The second-order valence-electron chi connectivity index (χ2n) is 7.35. The van der Waals surface area contributed by atoms with Crippen LogP contribution in [0, 0.1) is 5.92 Å². The van der Waals surface area contributed by atoms with Gasteiger partial charge in [0.1, 0.15) is 6.54 Å². The van der Waals surface area contributed by atoms with Crippen LogP contribution in [0.4, 0.5) is 0 Å². The first-order valence-corrected chi connectivity index (χ1v) is 9.43. The van der Waals surface area contributed by atoms with Crippen LogP contribution in [0.15, 0.2) is 4.99 Å². The summed E-state index contributed by atoms with van der Waals surface area (Å²) in [6.07, 6.45) is 2.26. The minimum atomic E-state index is 0. The van der Waals surface area contributed by atoms with Gasteiger partial charge in [-0.15, -0.1) is 24.0 Å². The summed E-state index contributed by atoms with van der Waals surface area (Å²) in [5.41, 5.74) is 0. The number of hydrogen-bond acceptors (Lipinski definition) is 4. The Bertz CT molecular complexity index is 412. The van der Waals surface area contributed by atoms with E-state index in [1.165, 1.54) is 6.42 Å². The lowest BCUT2D eigenvalue weighted by molar-refractivity contribution is -0.127. The minimum Gasteiger partial charge on any atom is -0.379 e. The molecule has 0 aromatic rings. The normalized spacial score (nSPS) is 16.8. The fourth-order valence-electron chi connectivity index (χ4n) is 2.49. The molecule has 1 aliphatic heterocycles. The number of aliphatic imine (C=N–C) groups is 1. The number of carbonyl (C=O) groups excluding carboxylic acids is 1. The highest BCUT2D eigenvalue weighted by molar-refractivity contribution is 14.0. The maximum Gasteiger partial charge on any atom is 0.243 e. The van der Waals surface area contributed by atoms with Crippen LogP contribution in [0.1, 0.15) is 33.6 Å². The molecule has 0 aromatic heterocycles. The summed E-state index contributed by atoms with van der Waals surface area (Å²) in [4.78, 5) is 20.2. The summed E-state index contributed by atoms with van der Waals surface area (Å²) in [6.45, 7) is 12.1. The van der Waals surface area contributed by atoms with Gasteiger partial charge in [-0.3, -0.25) is 9.69 Å². The van der Waals surface area contributed by atoms with E-state index in [0.29, 0.717) is 12.0 Å². The lowest BCUT2D eigenvalue weighted by Gasteiger charge is -2.27. The van der Waals surface area contributed by atoms with Crippen molar-refractivity contribution in [2.45, 2.75) is 39.7 Å². The monoisotopic (exact) mass is 483 g/mol. The number of ether oxygens (including phenoxy) is 1. The quantitative estimate of drug-likeness (QED) is 0.295. The number of nitrogens with one attached hydrogen (secondary N) is 2. The molecule has 1 aliphatic rings. The topological polar surface area (TPSA) is 69.2 Å². The first kappa shape index (κ1) is 25.4. The standard InChI is InChI=1S/C18H37N5O2.HI/c1-15(2)6-7-16(3)21-18(20-14-17(24)22(4)5)19-8-9-23-10-12-25-13-11-23;/h15-16H,6-14H2,1-5H3,(H2,19,20,21);1H. The molecule has 1 unspecified atom stereocenters. The second kappa shape index (κ2) is 14.4. The van der Waals surface area contributed by atoms with Crippen molar-refractivity contribution in [2.24, 2.45) is 10.9 Å². The SMILES string of the molecule is CC(C)CCC(C)NC(=NCC(=O)N(C)C)NCCN1CCOCC1.I. The van der Waals surface area contributed by atoms with Crippen LogP contribution in [0.3, 0.4) is 0 Å². The Morgan fingerprint density at radius 3 is 2.42 bits per heavy atom. The Morgan fingerprint density at radius 1 is 1.19 bits per heavy atom. The summed E-state index contributed by atoms with van der Waals surface area (Å²) < 4.78 is 5.37. The Morgan fingerprint density at radius 2 is 1.85 bits per heavy atom. The third-order valence-corrected chi connectivity index (χ3v) is 4.26. The van der Waals surface area contributed by atoms with Crippen LogP contribution >= 0.6 is 24.0 Å². The van der Waals surface area contributed by atoms with E-state index in [-0.39, 0.29) is 36.4 Å². The summed E-state index contributed by atoms with van der Waals surface area (Å²) in [5.74, 6) is 1.41. The van der Waals surface area contributed by atoms with Crippen LogP contribution in [-0.2, 0) is 9.53 Å². The van der Waals surface area contributed by atoms with Crippen molar-refractivity contribution in [1.29, 1.82) is 0 Å². The number of hydrogen-bond donors (Lipinski definition) is 2. The van der Waals surface area contributed by atoms with Gasteiger partial charge in [0.25, 0.3) is 0 Å². The van der Waals surface area contributed by atoms with Crippen molar-refractivity contribution in [1.82, 2.24) is 20.4 Å². The third-order valence-electron chi connectivity index (χ3n) is 4.26. The minimum absolute atomic E-state index is 0. The fraction of sp³-hybridized carbons (Fsp3) is 0.889. The number of nitrogens with zero attached hydrogens (tertiary/aromatic N) is 3. The van der Waals surface area contributed by atoms with Crippen LogP contribution < -0.4 is 10.6 Å². The van der Waals surface area contributed by atoms with Crippen molar-refractivity contribution >= 4 is 35.8 Å². The number of halogens is 1. The number of amides is 1. The van der Waals surface area contributed by atoms with Gasteiger partial charge in [-0.05, 0) is 25.7 Å². The van der Waals surface area contributed by atoms with Crippen molar-refractivity contribution in [3.05, 3.63) is 0 Å². The maximum absolute atomic E-state index is 11.8. The molecule has 1 fully saturated rings. The average Bonchev–Trinajstić information content (AvgIpc) is 2.58. The summed E-state index contributed by atoms with van der Waals surface area (Å²) in [5, 5.41) is 6.79. The van der Waals surface area contributed by atoms with E-state index in [1.807, 2.05) is 0 Å². The summed E-state index contributed by atoms with van der Waals surface area (Å²) in [6, 6.07) is 0.325. The highest BCUT2D eigenvalue weighted by atomic mass is 127. The van der Waals surface area contributed by atoms with Crippen molar-refractivity contribution in [3.8, 4) is 0 Å². The van der Waals surface area contributed by atoms with Gasteiger partial charge in [-0.2, -0.15) is 0 Å². The molecular formula is C18H38IN5O2. The summed E-state index contributed by atoms with van der Waals surface area (Å²) >= 11 is 0. The number of carbonyl (C=O) groups is 1. The Kier molecular flexibility index (Phi) is 14.1. The van der Waals surface area contributed by atoms with Crippen LogP contribution in [0.5, 0.6) is 0 Å².